The molecule has 0 unspecified atom stereocenters. The molecule has 0 aliphatic carbocycles. The van der Waals surface area contributed by atoms with E-state index in [1.54, 1.807) is 55.1 Å². The largest absolute Gasteiger partial charge is 0.497 e. The molecule has 156 valence electrons. The fourth-order valence-corrected chi connectivity index (χ4v) is 3.17. The average Bonchev–Trinajstić information content (AvgIpc) is 2.74. The summed E-state index contributed by atoms with van der Waals surface area (Å²) in [6.45, 7) is 3.45. The van der Waals surface area contributed by atoms with Gasteiger partial charge in [-0.25, -0.2) is 0 Å². The van der Waals surface area contributed by atoms with Crippen molar-refractivity contribution in [2.45, 2.75) is 18.4 Å². The SMILES string of the molecule is CCN(CC(=O)Nc1ccc(OC)cc1)CC(=O)N(C)Cc1ccc(SC)cc1. The van der Waals surface area contributed by atoms with Crippen molar-refractivity contribution in [2.24, 2.45) is 0 Å². The van der Waals surface area contributed by atoms with Crippen LogP contribution in [-0.2, 0) is 16.1 Å². The van der Waals surface area contributed by atoms with Gasteiger partial charge < -0.3 is 15.0 Å². The lowest BCUT2D eigenvalue weighted by molar-refractivity contribution is -0.132. The molecule has 0 fully saturated rings. The molecule has 6 nitrogen and oxygen atoms in total. The lowest BCUT2D eigenvalue weighted by Crippen LogP contribution is -2.41. The van der Waals surface area contributed by atoms with Crippen LogP contribution in [-0.4, -0.2) is 61.7 Å². The highest BCUT2D eigenvalue weighted by molar-refractivity contribution is 7.98. The quantitative estimate of drug-likeness (QED) is 0.603. The van der Waals surface area contributed by atoms with Crippen molar-refractivity contribution in [3.8, 4) is 5.75 Å². The topological polar surface area (TPSA) is 61.9 Å². The number of rotatable bonds is 10. The Hall–Kier alpha value is -2.51. The van der Waals surface area contributed by atoms with E-state index in [9.17, 15) is 9.59 Å². The maximum atomic E-state index is 12.6. The van der Waals surface area contributed by atoms with Crippen LogP contribution in [0, 0.1) is 0 Å². The molecule has 0 bridgehead atoms. The van der Waals surface area contributed by atoms with Gasteiger partial charge in [-0.2, -0.15) is 0 Å². The van der Waals surface area contributed by atoms with E-state index < -0.39 is 0 Å². The van der Waals surface area contributed by atoms with Gasteiger partial charge in [-0.1, -0.05) is 19.1 Å². The molecule has 0 aromatic heterocycles. The second-order valence-corrected chi connectivity index (χ2v) is 7.56. The monoisotopic (exact) mass is 415 g/mol. The second kappa shape index (κ2) is 11.5. The molecule has 0 aliphatic rings. The molecule has 0 atom stereocenters. The Morgan fingerprint density at radius 3 is 2.24 bits per heavy atom. The van der Waals surface area contributed by atoms with Crippen LogP contribution in [0.3, 0.4) is 0 Å². The zero-order chi connectivity index (χ0) is 21.2. The number of amides is 2. The number of anilines is 1. The number of nitrogens with zero attached hydrogens (tertiary/aromatic N) is 2. The molecule has 0 radical (unpaired) electrons. The minimum absolute atomic E-state index is 0.0157. The molecule has 2 aromatic carbocycles. The molecule has 7 heteroatoms. The Morgan fingerprint density at radius 2 is 1.69 bits per heavy atom. The molecule has 0 heterocycles. The lowest BCUT2D eigenvalue weighted by atomic mass is 10.2. The molecule has 2 aromatic rings. The summed E-state index contributed by atoms with van der Waals surface area (Å²) >= 11 is 1.69. The molecule has 2 rings (SSSR count). The van der Waals surface area contributed by atoms with Gasteiger partial charge in [0.25, 0.3) is 0 Å². The Morgan fingerprint density at radius 1 is 1.03 bits per heavy atom. The maximum Gasteiger partial charge on any atom is 0.238 e. The van der Waals surface area contributed by atoms with Gasteiger partial charge in [-0.15, -0.1) is 11.8 Å². The van der Waals surface area contributed by atoms with Crippen LogP contribution in [0.25, 0.3) is 0 Å². The van der Waals surface area contributed by atoms with Gasteiger partial charge in [0.1, 0.15) is 5.75 Å². The third kappa shape index (κ3) is 7.44. The van der Waals surface area contributed by atoms with Gasteiger partial charge in [-0.05, 0) is 54.8 Å². The van der Waals surface area contributed by atoms with Crippen molar-refractivity contribution in [1.29, 1.82) is 0 Å². The number of carbonyl (C=O) groups is 2. The van der Waals surface area contributed by atoms with E-state index in [-0.39, 0.29) is 24.9 Å². The fraction of sp³-hybridized carbons (Fsp3) is 0.364. The summed E-state index contributed by atoms with van der Waals surface area (Å²) in [5.74, 6) is 0.563. The van der Waals surface area contributed by atoms with Gasteiger partial charge in [0.15, 0.2) is 0 Å². The summed E-state index contributed by atoms with van der Waals surface area (Å²) in [6, 6.07) is 15.3. The van der Waals surface area contributed by atoms with E-state index in [2.05, 4.69) is 17.4 Å². The number of thioether (sulfide) groups is 1. The number of nitrogens with one attached hydrogen (secondary N) is 1. The summed E-state index contributed by atoms with van der Waals surface area (Å²) in [5.41, 5.74) is 1.78. The van der Waals surface area contributed by atoms with E-state index in [4.69, 9.17) is 4.74 Å². The van der Waals surface area contributed by atoms with Crippen LogP contribution in [0.1, 0.15) is 12.5 Å². The first-order valence-corrected chi connectivity index (χ1v) is 10.7. The molecule has 0 saturated heterocycles. The number of benzene rings is 2. The van der Waals surface area contributed by atoms with E-state index in [1.807, 2.05) is 30.2 Å². The molecule has 0 spiro atoms. The third-order valence-electron chi connectivity index (χ3n) is 4.55. The van der Waals surface area contributed by atoms with Gasteiger partial charge >= 0.3 is 0 Å². The Labute approximate surface area is 177 Å². The number of carbonyl (C=O) groups excluding carboxylic acids is 2. The summed E-state index contributed by atoms with van der Waals surface area (Å²) in [5, 5.41) is 2.85. The van der Waals surface area contributed by atoms with E-state index in [1.165, 1.54) is 4.90 Å². The Bertz CT molecular complexity index is 794. The number of hydrogen-bond donors (Lipinski definition) is 1. The highest BCUT2D eigenvalue weighted by atomic mass is 32.2. The molecule has 1 N–H and O–H groups in total. The zero-order valence-electron chi connectivity index (χ0n) is 17.5. The normalized spacial score (nSPS) is 10.7. The van der Waals surface area contributed by atoms with Crippen LogP contribution in [0.5, 0.6) is 5.75 Å². The predicted molar refractivity (Wildman–Crippen MR) is 118 cm³/mol. The third-order valence-corrected chi connectivity index (χ3v) is 5.30. The van der Waals surface area contributed by atoms with Crippen molar-refractivity contribution < 1.29 is 14.3 Å². The summed E-state index contributed by atoms with van der Waals surface area (Å²) in [6.07, 6.45) is 2.04. The van der Waals surface area contributed by atoms with Crippen LogP contribution in [0.2, 0.25) is 0 Å². The molecule has 0 saturated carbocycles. The van der Waals surface area contributed by atoms with Gasteiger partial charge in [0.2, 0.25) is 11.8 Å². The molecule has 0 aliphatic heterocycles. The maximum absolute atomic E-state index is 12.6. The predicted octanol–water partition coefficient (Wildman–Crippen LogP) is 3.34. The van der Waals surface area contributed by atoms with E-state index >= 15 is 0 Å². The van der Waals surface area contributed by atoms with Crippen molar-refractivity contribution in [1.82, 2.24) is 9.80 Å². The lowest BCUT2D eigenvalue weighted by Gasteiger charge is -2.23. The summed E-state index contributed by atoms with van der Waals surface area (Å²) in [4.78, 5) is 29.6. The zero-order valence-corrected chi connectivity index (χ0v) is 18.3. The van der Waals surface area contributed by atoms with E-state index in [0.29, 0.717) is 18.8 Å². The van der Waals surface area contributed by atoms with Crippen molar-refractivity contribution in [3.05, 3.63) is 54.1 Å². The highest BCUT2D eigenvalue weighted by Gasteiger charge is 2.16. The first-order chi connectivity index (χ1) is 13.9. The fourth-order valence-electron chi connectivity index (χ4n) is 2.76. The van der Waals surface area contributed by atoms with Gasteiger partial charge in [0.05, 0.1) is 20.2 Å². The standard InChI is InChI=1S/C22H29N3O3S/c1-5-25(15-21(26)23-18-8-10-19(28-3)11-9-18)16-22(27)24(2)14-17-6-12-20(29-4)13-7-17/h6-13H,5,14-16H2,1-4H3,(H,23,26). The molecule has 29 heavy (non-hydrogen) atoms. The van der Waals surface area contributed by atoms with Crippen molar-refractivity contribution in [2.75, 3.05) is 45.4 Å². The first-order valence-electron chi connectivity index (χ1n) is 9.48. The highest BCUT2D eigenvalue weighted by Crippen LogP contribution is 2.16. The van der Waals surface area contributed by atoms with Crippen molar-refractivity contribution >= 4 is 29.3 Å². The van der Waals surface area contributed by atoms with Crippen molar-refractivity contribution in [3.63, 3.8) is 0 Å². The Kier molecular flexibility index (Phi) is 9.02. The van der Waals surface area contributed by atoms with Crippen LogP contribution in [0.15, 0.2) is 53.4 Å². The first kappa shape index (κ1) is 22.8. The van der Waals surface area contributed by atoms with Crippen LogP contribution < -0.4 is 10.1 Å². The Balaban J connectivity index is 1.84. The smallest absolute Gasteiger partial charge is 0.238 e. The minimum Gasteiger partial charge on any atom is -0.497 e. The van der Waals surface area contributed by atoms with Gasteiger partial charge in [0, 0.05) is 24.2 Å². The minimum atomic E-state index is -0.153. The summed E-state index contributed by atoms with van der Waals surface area (Å²) < 4.78 is 5.11. The average molecular weight is 416 g/mol. The molecular formula is C22H29N3O3S. The van der Waals surface area contributed by atoms with E-state index in [0.717, 1.165) is 11.3 Å². The number of likely N-dealkylation sites (N-methyl/N-ethyl adjacent to an activating group) is 2. The number of methoxy groups -OCH3 is 1. The second-order valence-electron chi connectivity index (χ2n) is 6.68. The number of ether oxygens (including phenoxy) is 1. The van der Waals surface area contributed by atoms with Crippen LogP contribution in [0.4, 0.5) is 5.69 Å². The molecular weight excluding hydrogens is 386 g/mol. The van der Waals surface area contributed by atoms with Crippen LogP contribution >= 0.6 is 11.8 Å². The molecule has 2 amide bonds. The number of hydrogen-bond acceptors (Lipinski definition) is 5. The van der Waals surface area contributed by atoms with Gasteiger partial charge in [-0.3, -0.25) is 14.5 Å². The summed E-state index contributed by atoms with van der Waals surface area (Å²) in [7, 11) is 3.39.